The molecule has 0 heterocycles. The zero-order chi connectivity index (χ0) is 15.2. The molecule has 0 bridgehead atoms. The van der Waals surface area contributed by atoms with E-state index < -0.39 is 10.0 Å². The minimum Gasteiger partial charge on any atom is -0.316 e. The molecule has 0 aromatic heterocycles. The zero-order valence-electron chi connectivity index (χ0n) is 12.5. The molecule has 0 saturated heterocycles. The van der Waals surface area contributed by atoms with Gasteiger partial charge in [-0.3, -0.25) is 0 Å². The summed E-state index contributed by atoms with van der Waals surface area (Å²) in [6.07, 6.45) is 2.50. The number of nitrogens with one attached hydrogen (secondary N) is 1. The van der Waals surface area contributed by atoms with Crippen LogP contribution in [0.1, 0.15) is 25.0 Å². The first-order valence-corrected chi connectivity index (χ1v) is 8.32. The van der Waals surface area contributed by atoms with Crippen LogP contribution in [0.15, 0.2) is 35.7 Å². The summed E-state index contributed by atoms with van der Waals surface area (Å²) in [5, 5.41) is 3.08. The van der Waals surface area contributed by atoms with Gasteiger partial charge in [-0.05, 0) is 36.7 Å². The number of aryl methyl sites for hydroxylation is 1. The van der Waals surface area contributed by atoms with Crippen LogP contribution >= 0.6 is 0 Å². The lowest BCUT2D eigenvalue weighted by atomic mass is 10.1. The standard InChI is InChI=1S/C15H24N2O2S/c1-5-10-17(7-3)20(18,19)15-9-8-13(6-2)14(11-15)12-16-4/h5,8-9,11,16H,1,6-7,10,12H2,2-4H3. The Morgan fingerprint density at radius 3 is 2.50 bits per heavy atom. The molecule has 0 aliphatic carbocycles. The maximum Gasteiger partial charge on any atom is 0.243 e. The van der Waals surface area contributed by atoms with Gasteiger partial charge in [0.25, 0.3) is 0 Å². The predicted octanol–water partition coefficient (Wildman–Crippen LogP) is 2.17. The van der Waals surface area contributed by atoms with E-state index in [1.165, 1.54) is 9.87 Å². The fourth-order valence-corrected chi connectivity index (χ4v) is 3.62. The third-order valence-electron chi connectivity index (χ3n) is 3.25. The third-order valence-corrected chi connectivity index (χ3v) is 5.19. The molecule has 0 aliphatic heterocycles. The third kappa shape index (κ3) is 3.69. The average molecular weight is 296 g/mol. The maximum atomic E-state index is 12.6. The van der Waals surface area contributed by atoms with Gasteiger partial charge in [0.05, 0.1) is 4.90 Å². The van der Waals surface area contributed by atoms with Gasteiger partial charge in [0.15, 0.2) is 0 Å². The van der Waals surface area contributed by atoms with Gasteiger partial charge in [-0.2, -0.15) is 4.31 Å². The molecule has 20 heavy (non-hydrogen) atoms. The molecule has 0 aliphatic rings. The molecule has 1 N–H and O–H groups in total. The predicted molar refractivity (Wildman–Crippen MR) is 83.2 cm³/mol. The first-order chi connectivity index (χ1) is 9.51. The van der Waals surface area contributed by atoms with Gasteiger partial charge in [0, 0.05) is 19.6 Å². The Morgan fingerprint density at radius 2 is 2.00 bits per heavy atom. The van der Waals surface area contributed by atoms with Crippen molar-refractivity contribution in [1.82, 2.24) is 9.62 Å². The van der Waals surface area contributed by atoms with E-state index >= 15 is 0 Å². The Kier molecular flexibility index (Phi) is 6.39. The van der Waals surface area contributed by atoms with Gasteiger partial charge >= 0.3 is 0 Å². The second kappa shape index (κ2) is 7.57. The molecule has 0 atom stereocenters. The smallest absolute Gasteiger partial charge is 0.243 e. The summed E-state index contributed by atoms with van der Waals surface area (Å²) < 4.78 is 26.6. The number of hydrogen-bond donors (Lipinski definition) is 1. The highest BCUT2D eigenvalue weighted by Gasteiger charge is 2.22. The summed E-state index contributed by atoms with van der Waals surface area (Å²) in [7, 11) is -1.59. The Bertz CT molecular complexity index is 553. The lowest BCUT2D eigenvalue weighted by Crippen LogP contribution is -2.31. The molecule has 1 aromatic rings. The monoisotopic (exact) mass is 296 g/mol. The number of likely N-dealkylation sites (N-methyl/N-ethyl adjacent to an activating group) is 1. The molecular formula is C15H24N2O2S. The lowest BCUT2D eigenvalue weighted by molar-refractivity contribution is 0.459. The highest BCUT2D eigenvalue weighted by molar-refractivity contribution is 7.89. The van der Waals surface area contributed by atoms with E-state index in [4.69, 9.17) is 0 Å². The number of rotatable bonds is 8. The van der Waals surface area contributed by atoms with Gasteiger partial charge in [-0.15, -0.1) is 6.58 Å². The topological polar surface area (TPSA) is 49.4 Å². The molecule has 0 fully saturated rings. The van der Waals surface area contributed by atoms with Crippen LogP contribution in [0, 0.1) is 0 Å². The van der Waals surface area contributed by atoms with Crippen molar-refractivity contribution >= 4 is 10.0 Å². The molecule has 5 heteroatoms. The van der Waals surface area contributed by atoms with E-state index in [0.29, 0.717) is 24.5 Å². The van der Waals surface area contributed by atoms with Gasteiger partial charge in [-0.1, -0.05) is 26.0 Å². The lowest BCUT2D eigenvalue weighted by Gasteiger charge is -2.20. The molecule has 112 valence electrons. The van der Waals surface area contributed by atoms with Crippen LogP contribution in [0.4, 0.5) is 0 Å². The minimum atomic E-state index is -3.44. The van der Waals surface area contributed by atoms with Crippen molar-refractivity contribution in [2.75, 3.05) is 20.1 Å². The fourth-order valence-electron chi connectivity index (χ4n) is 2.15. The second-order valence-corrected chi connectivity index (χ2v) is 6.50. The van der Waals surface area contributed by atoms with Gasteiger partial charge < -0.3 is 5.32 Å². The summed E-state index contributed by atoms with van der Waals surface area (Å²) in [5.41, 5.74) is 2.20. The van der Waals surface area contributed by atoms with E-state index in [1.807, 2.05) is 20.0 Å². The second-order valence-electron chi connectivity index (χ2n) is 4.56. The Morgan fingerprint density at radius 1 is 1.30 bits per heavy atom. The molecule has 0 saturated carbocycles. The molecule has 0 unspecified atom stereocenters. The van der Waals surface area contributed by atoms with Gasteiger partial charge in [-0.25, -0.2) is 8.42 Å². The largest absolute Gasteiger partial charge is 0.316 e. The first kappa shape index (κ1) is 16.9. The number of hydrogen-bond acceptors (Lipinski definition) is 3. The summed E-state index contributed by atoms with van der Waals surface area (Å²) in [5.74, 6) is 0. The molecule has 4 nitrogen and oxygen atoms in total. The fraction of sp³-hybridized carbons (Fsp3) is 0.467. The van der Waals surface area contributed by atoms with Gasteiger partial charge in [0.2, 0.25) is 10.0 Å². The average Bonchev–Trinajstić information content (AvgIpc) is 2.44. The van der Waals surface area contributed by atoms with Crippen LogP contribution in [0.2, 0.25) is 0 Å². The van der Waals surface area contributed by atoms with Crippen molar-refractivity contribution in [3.8, 4) is 0 Å². The quantitative estimate of drug-likeness (QED) is 0.748. The normalized spacial score (nSPS) is 11.8. The molecular weight excluding hydrogens is 272 g/mol. The summed E-state index contributed by atoms with van der Waals surface area (Å²) in [4.78, 5) is 0.351. The van der Waals surface area contributed by atoms with Crippen molar-refractivity contribution in [3.63, 3.8) is 0 Å². The van der Waals surface area contributed by atoms with Crippen LogP contribution in [-0.2, 0) is 23.0 Å². The van der Waals surface area contributed by atoms with Crippen molar-refractivity contribution < 1.29 is 8.42 Å². The summed E-state index contributed by atoms with van der Waals surface area (Å²) >= 11 is 0. The van der Waals surface area contributed by atoms with Crippen LogP contribution in [0.5, 0.6) is 0 Å². The van der Waals surface area contributed by atoms with Crippen LogP contribution in [0.3, 0.4) is 0 Å². The maximum absolute atomic E-state index is 12.6. The van der Waals surface area contributed by atoms with Crippen LogP contribution in [-0.4, -0.2) is 32.9 Å². The van der Waals surface area contributed by atoms with Crippen molar-refractivity contribution in [1.29, 1.82) is 0 Å². The SMILES string of the molecule is C=CCN(CC)S(=O)(=O)c1ccc(CC)c(CNC)c1. The minimum absolute atomic E-state index is 0.329. The number of sulfonamides is 1. The van der Waals surface area contributed by atoms with E-state index in [9.17, 15) is 8.42 Å². The van der Waals surface area contributed by atoms with Crippen LogP contribution in [0.25, 0.3) is 0 Å². The highest BCUT2D eigenvalue weighted by atomic mass is 32.2. The Hall–Kier alpha value is -1.17. The van der Waals surface area contributed by atoms with Gasteiger partial charge in [0.1, 0.15) is 0 Å². The molecule has 1 aromatic carbocycles. The first-order valence-electron chi connectivity index (χ1n) is 6.88. The van der Waals surface area contributed by atoms with E-state index in [-0.39, 0.29) is 0 Å². The highest BCUT2D eigenvalue weighted by Crippen LogP contribution is 2.20. The molecule has 0 amide bonds. The molecule has 0 spiro atoms. The number of benzene rings is 1. The van der Waals surface area contributed by atoms with Crippen molar-refractivity contribution in [2.24, 2.45) is 0 Å². The van der Waals surface area contributed by atoms with Crippen LogP contribution < -0.4 is 5.32 Å². The Balaban J connectivity index is 3.24. The van der Waals surface area contributed by atoms with Crippen molar-refractivity contribution in [2.45, 2.75) is 31.7 Å². The van der Waals surface area contributed by atoms with E-state index in [1.54, 1.807) is 18.2 Å². The van der Waals surface area contributed by atoms with Crippen molar-refractivity contribution in [3.05, 3.63) is 42.0 Å². The molecule has 1 rings (SSSR count). The number of nitrogens with zero attached hydrogens (tertiary/aromatic N) is 1. The Labute approximate surface area is 122 Å². The zero-order valence-corrected chi connectivity index (χ0v) is 13.3. The summed E-state index contributed by atoms with van der Waals surface area (Å²) in [6, 6.07) is 5.37. The van der Waals surface area contributed by atoms with E-state index in [2.05, 4.69) is 18.8 Å². The summed E-state index contributed by atoms with van der Waals surface area (Å²) in [6.45, 7) is 8.94. The molecule has 0 radical (unpaired) electrons. The van der Waals surface area contributed by atoms with E-state index in [0.717, 1.165) is 12.0 Å².